The first-order valence-corrected chi connectivity index (χ1v) is 7.42. The third-order valence-corrected chi connectivity index (χ3v) is 3.65. The Kier molecular flexibility index (Phi) is 5.59. The molecule has 0 fully saturated rings. The summed E-state index contributed by atoms with van der Waals surface area (Å²) in [5, 5.41) is 5.34. The Hall–Kier alpha value is -2.54. The zero-order chi connectivity index (χ0) is 16.8. The molecule has 2 amide bonds. The van der Waals surface area contributed by atoms with Gasteiger partial charge in [0.25, 0.3) is 0 Å². The van der Waals surface area contributed by atoms with Crippen LogP contribution in [0.4, 0.5) is 16.2 Å². The van der Waals surface area contributed by atoms with Crippen LogP contribution < -0.4 is 15.4 Å². The van der Waals surface area contributed by atoms with Crippen molar-refractivity contribution in [3.63, 3.8) is 0 Å². The molecule has 0 spiro atoms. The number of carbonyl (C=O) groups excluding carboxylic acids is 2. The maximum absolute atomic E-state index is 12.0. The van der Waals surface area contributed by atoms with Crippen LogP contribution in [0.5, 0.6) is 5.75 Å². The number of methoxy groups -OCH3 is 2. The molecule has 0 aliphatic heterocycles. The largest absolute Gasteiger partial charge is 0.497 e. The molecule has 0 aromatic heterocycles. The minimum absolute atomic E-state index is 0.326. The van der Waals surface area contributed by atoms with E-state index in [0.717, 1.165) is 0 Å². The number of hydrogen-bond donors (Lipinski definition) is 2. The third-order valence-electron chi connectivity index (χ3n) is 2.96. The van der Waals surface area contributed by atoms with E-state index < -0.39 is 12.0 Å². The molecule has 2 aromatic rings. The summed E-state index contributed by atoms with van der Waals surface area (Å²) in [5.74, 6) is 0.146. The van der Waals surface area contributed by atoms with Crippen molar-refractivity contribution in [3.8, 4) is 5.75 Å². The standard InChI is InChI=1S/C16H15BrN2O4/c1-22-12-5-3-4-10(8-12)18-16(21)19-11-6-7-14(17)13(9-11)15(20)23-2/h3-9H,1-2H3,(H2,18,19,21). The first kappa shape index (κ1) is 16.8. The molecule has 120 valence electrons. The highest BCUT2D eigenvalue weighted by Crippen LogP contribution is 2.22. The summed E-state index contributed by atoms with van der Waals surface area (Å²) >= 11 is 3.26. The summed E-state index contributed by atoms with van der Waals surface area (Å²) in [6.45, 7) is 0. The lowest BCUT2D eigenvalue weighted by atomic mass is 10.2. The molecule has 0 unspecified atom stereocenters. The molecule has 0 atom stereocenters. The van der Waals surface area contributed by atoms with Gasteiger partial charge < -0.3 is 20.1 Å². The van der Waals surface area contributed by atoms with Gasteiger partial charge >= 0.3 is 12.0 Å². The number of carbonyl (C=O) groups is 2. The molecule has 0 aliphatic carbocycles. The highest BCUT2D eigenvalue weighted by molar-refractivity contribution is 9.10. The molecule has 7 heteroatoms. The molecule has 6 nitrogen and oxygen atoms in total. The highest BCUT2D eigenvalue weighted by atomic mass is 79.9. The summed E-state index contributed by atoms with van der Waals surface area (Å²) < 4.78 is 10.4. The minimum atomic E-state index is -0.492. The maximum atomic E-state index is 12.0. The predicted molar refractivity (Wildman–Crippen MR) is 91.1 cm³/mol. The van der Waals surface area contributed by atoms with Crippen LogP contribution >= 0.6 is 15.9 Å². The summed E-state index contributed by atoms with van der Waals surface area (Å²) in [6.07, 6.45) is 0. The minimum Gasteiger partial charge on any atom is -0.497 e. The molecule has 2 aromatic carbocycles. The van der Waals surface area contributed by atoms with Crippen molar-refractivity contribution in [3.05, 3.63) is 52.5 Å². The van der Waals surface area contributed by atoms with E-state index in [1.165, 1.54) is 13.2 Å². The van der Waals surface area contributed by atoms with Gasteiger partial charge in [-0.15, -0.1) is 0 Å². The van der Waals surface area contributed by atoms with E-state index in [9.17, 15) is 9.59 Å². The number of ether oxygens (including phenoxy) is 2. The van der Waals surface area contributed by atoms with Gasteiger partial charge in [-0.05, 0) is 46.3 Å². The Morgan fingerprint density at radius 2 is 1.70 bits per heavy atom. The lowest BCUT2D eigenvalue weighted by Gasteiger charge is -2.10. The molecule has 2 N–H and O–H groups in total. The average molecular weight is 379 g/mol. The Morgan fingerprint density at radius 1 is 1.00 bits per heavy atom. The quantitative estimate of drug-likeness (QED) is 0.791. The van der Waals surface area contributed by atoms with E-state index in [1.54, 1.807) is 43.5 Å². The van der Waals surface area contributed by atoms with E-state index in [2.05, 4.69) is 31.3 Å². The topological polar surface area (TPSA) is 76.7 Å². The SMILES string of the molecule is COC(=O)c1cc(NC(=O)Nc2cccc(OC)c2)ccc1Br. The molecule has 23 heavy (non-hydrogen) atoms. The van der Waals surface area contributed by atoms with Gasteiger partial charge in [-0.1, -0.05) is 6.07 Å². The lowest BCUT2D eigenvalue weighted by molar-refractivity contribution is 0.0599. The Bertz CT molecular complexity index is 734. The van der Waals surface area contributed by atoms with Crippen LogP contribution in [0.25, 0.3) is 0 Å². The fourth-order valence-electron chi connectivity index (χ4n) is 1.86. The first-order valence-electron chi connectivity index (χ1n) is 6.63. The number of amides is 2. The zero-order valence-corrected chi connectivity index (χ0v) is 14.1. The molecular weight excluding hydrogens is 364 g/mol. The number of anilines is 2. The number of benzene rings is 2. The van der Waals surface area contributed by atoms with Crippen LogP contribution in [0.1, 0.15) is 10.4 Å². The van der Waals surface area contributed by atoms with Crippen molar-refractivity contribution in [2.75, 3.05) is 24.9 Å². The molecule has 0 aliphatic rings. The van der Waals surface area contributed by atoms with Crippen molar-refractivity contribution >= 4 is 39.3 Å². The molecule has 0 bridgehead atoms. The van der Waals surface area contributed by atoms with Crippen LogP contribution in [0, 0.1) is 0 Å². The Balaban J connectivity index is 2.09. The summed E-state index contributed by atoms with van der Waals surface area (Å²) in [4.78, 5) is 23.7. The van der Waals surface area contributed by atoms with E-state index in [0.29, 0.717) is 27.2 Å². The fraction of sp³-hybridized carbons (Fsp3) is 0.125. The van der Waals surface area contributed by atoms with Gasteiger partial charge in [0.1, 0.15) is 5.75 Å². The van der Waals surface area contributed by atoms with Gasteiger partial charge in [0, 0.05) is 21.9 Å². The van der Waals surface area contributed by atoms with E-state index in [1.807, 2.05) is 0 Å². The van der Waals surface area contributed by atoms with Crippen molar-refractivity contribution in [1.29, 1.82) is 0 Å². The predicted octanol–water partition coefficient (Wildman–Crippen LogP) is 3.89. The smallest absolute Gasteiger partial charge is 0.339 e. The van der Waals surface area contributed by atoms with Gasteiger partial charge in [-0.2, -0.15) is 0 Å². The number of esters is 1. The normalized spacial score (nSPS) is 9.87. The average Bonchev–Trinajstić information content (AvgIpc) is 2.56. The lowest BCUT2D eigenvalue weighted by Crippen LogP contribution is -2.19. The Morgan fingerprint density at radius 3 is 2.35 bits per heavy atom. The second-order valence-corrected chi connectivity index (χ2v) is 5.35. The molecular formula is C16H15BrN2O4. The monoisotopic (exact) mass is 378 g/mol. The van der Waals surface area contributed by atoms with Crippen molar-refractivity contribution in [1.82, 2.24) is 0 Å². The second-order valence-electron chi connectivity index (χ2n) is 4.50. The third kappa shape index (κ3) is 4.46. The molecule has 2 rings (SSSR count). The van der Waals surface area contributed by atoms with Crippen LogP contribution in [-0.2, 0) is 4.74 Å². The van der Waals surface area contributed by atoms with Crippen molar-refractivity contribution in [2.24, 2.45) is 0 Å². The van der Waals surface area contributed by atoms with Crippen LogP contribution in [-0.4, -0.2) is 26.2 Å². The fourth-order valence-corrected chi connectivity index (χ4v) is 2.27. The van der Waals surface area contributed by atoms with E-state index in [4.69, 9.17) is 4.74 Å². The number of urea groups is 1. The maximum Gasteiger partial charge on any atom is 0.339 e. The number of hydrogen-bond acceptors (Lipinski definition) is 4. The molecule has 0 radical (unpaired) electrons. The number of halogens is 1. The van der Waals surface area contributed by atoms with Crippen LogP contribution in [0.15, 0.2) is 46.9 Å². The van der Waals surface area contributed by atoms with E-state index >= 15 is 0 Å². The van der Waals surface area contributed by atoms with Crippen LogP contribution in [0.3, 0.4) is 0 Å². The molecule has 0 saturated heterocycles. The summed E-state index contributed by atoms with van der Waals surface area (Å²) in [5.41, 5.74) is 1.38. The van der Waals surface area contributed by atoms with Gasteiger partial charge in [-0.25, -0.2) is 9.59 Å². The van der Waals surface area contributed by atoms with Gasteiger partial charge in [-0.3, -0.25) is 0 Å². The van der Waals surface area contributed by atoms with Crippen LogP contribution in [0.2, 0.25) is 0 Å². The zero-order valence-electron chi connectivity index (χ0n) is 12.6. The van der Waals surface area contributed by atoms with Crippen molar-refractivity contribution < 1.29 is 19.1 Å². The highest BCUT2D eigenvalue weighted by Gasteiger charge is 2.12. The Labute approximate surface area is 141 Å². The van der Waals surface area contributed by atoms with Gasteiger partial charge in [0.05, 0.1) is 19.8 Å². The second kappa shape index (κ2) is 7.64. The van der Waals surface area contributed by atoms with Gasteiger partial charge in [0.2, 0.25) is 0 Å². The van der Waals surface area contributed by atoms with Gasteiger partial charge in [0.15, 0.2) is 0 Å². The first-order chi connectivity index (χ1) is 11.0. The van der Waals surface area contributed by atoms with E-state index in [-0.39, 0.29) is 0 Å². The molecule has 0 saturated carbocycles. The number of rotatable bonds is 4. The van der Waals surface area contributed by atoms with Crippen molar-refractivity contribution in [2.45, 2.75) is 0 Å². The summed E-state index contributed by atoms with van der Waals surface area (Å²) in [6, 6.07) is 11.4. The number of nitrogens with one attached hydrogen (secondary N) is 2. The summed E-state index contributed by atoms with van der Waals surface area (Å²) in [7, 11) is 2.85. The molecule has 0 heterocycles.